The lowest BCUT2D eigenvalue weighted by Crippen LogP contribution is -2.08. The Labute approximate surface area is 124 Å². The first kappa shape index (κ1) is 14.9. The maximum atomic E-state index is 9.01. The molecule has 2 N–H and O–H groups in total. The van der Waals surface area contributed by atoms with Crippen LogP contribution in [0.15, 0.2) is 42.5 Å². The van der Waals surface area contributed by atoms with Crippen molar-refractivity contribution in [1.29, 1.82) is 0 Å². The lowest BCUT2D eigenvalue weighted by atomic mass is 10.1. The Kier molecular flexibility index (Phi) is 5.41. The van der Waals surface area contributed by atoms with Crippen LogP contribution in [0.3, 0.4) is 0 Å². The normalized spacial score (nSPS) is 10.6. The summed E-state index contributed by atoms with van der Waals surface area (Å²) in [5, 5.41) is 12.8. The predicted molar refractivity (Wildman–Crippen MR) is 80.9 cm³/mol. The summed E-state index contributed by atoms with van der Waals surface area (Å²) < 4.78 is 5.84. The zero-order valence-electron chi connectivity index (χ0n) is 11.4. The van der Waals surface area contributed by atoms with Crippen LogP contribution in [0.2, 0.25) is 5.02 Å². The van der Waals surface area contributed by atoms with Crippen LogP contribution in [0.4, 0.5) is 0 Å². The monoisotopic (exact) mass is 291 g/mol. The number of halogens is 1. The summed E-state index contributed by atoms with van der Waals surface area (Å²) in [6.45, 7) is 1.20. The van der Waals surface area contributed by atoms with E-state index >= 15 is 0 Å². The minimum absolute atomic E-state index is 0.0573. The molecule has 0 spiro atoms. The van der Waals surface area contributed by atoms with Crippen LogP contribution < -0.4 is 10.1 Å². The van der Waals surface area contributed by atoms with E-state index in [4.69, 9.17) is 21.4 Å². The van der Waals surface area contributed by atoms with Crippen LogP contribution in [-0.4, -0.2) is 12.2 Å². The Hall–Kier alpha value is -1.55. The molecule has 0 atom stereocenters. The van der Waals surface area contributed by atoms with Gasteiger partial charge >= 0.3 is 0 Å². The average molecular weight is 292 g/mol. The van der Waals surface area contributed by atoms with Gasteiger partial charge in [-0.05, 0) is 30.3 Å². The summed E-state index contributed by atoms with van der Waals surface area (Å²) in [5.41, 5.74) is 2.91. The summed E-state index contributed by atoms with van der Waals surface area (Å²) in [6, 6.07) is 13.3. The highest BCUT2D eigenvalue weighted by molar-refractivity contribution is 6.31. The molecule has 0 saturated carbocycles. The molecule has 0 aliphatic carbocycles. The lowest BCUT2D eigenvalue weighted by molar-refractivity contribution is 0.281. The SMILES string of the molecule is CNCc1c(Cl)cccc1OCc1ccc(CO)cc1. The maximum absolute atomic E-state index is 9.01. The van der Waals surface area contributed by atoms with Gasteiger partial charge in [-0.1, -0.05) is 41.9 Å². The van der Waals surface area contributed by atoms with Crippen LogP contribution in [0.5, 0.6) is 5.75 Å². The molecular weight excluding hydrogens is 274 g/mol. The molecule has 0 heterocycles. The van der Waals surface area contributed by atoms with Gasteiger partial charge in [-0.2, -0.15) is 0 Å². The van der Waals surface area contributed by atoms with Crippen LogP contribution in [0.25, 0.3) is 0 Å². The standard InChI is InChI=1S/C16H18ClNO2/c1-18-9-14-15(17)3-2-4-16(14)20-11-13-7-5-12(10-19)6-8-13/h2-8,18-19H,9-11H2,1H3. The lowest BCUT2D eigenvalue weighted by Gasteiger charge is -2.13. The van der Waals surface area contributed by atoms with Crippen molar-refractivity contribution in [3.63, 3.8) is 0 Å². The molecule has 2 aromatic rings. The fourth-order valence-electron chi connectivity index (χ4n) is 1.92. The van der Waals surface area contributed by atoms with Crippen molar-refractivity contribution in [3.05, 3.63) is 64.2 Å². The molecule has 0 saturated heterocycles. The van der Waals surface area contributed by atoms with Gasteiger partial charge in [-0.3, -0.25) is 0 Å². The van der Waals surface area contributed by atoms with E-state index in [1.165, 1.54) is 0 Å². The molecule has 0 aliphatic rings. The first-order valence-corrected chi connectivity index (χ1v) is 6.86. The fraction of sp³-hybridized carbons (Fsp3) is 0.250. The quantitative estimate of drug-likeness (QED) is 0.859. The van der Waals surface area contributed by atoms with E-state index in [2.05, 4.69) is 5.32 Å². The van der Waals surface area contributed by atoms with Crippen molar-refractivity contribution in [2.24, 2.45) is 0 Å². The van der Waals surface area contributed by atoms with Gasteiger partial charge in [0, 0.05) is 17.1 Å². The number of hydrogen-bond donors (Lipinski definition) is 2. The number of ether oxygens (including phenoxy) is 1. The first-order valence-electron chi connectivity index (χ1n) is 6.48. The van der Waals surface area contributed by atoms with Crippen molar-refractivity contribution in [1.82, 2.24) is 5.32 Å². The zero-order valence-corrected chi connectivity index (χ0v) is 12.2. The van der Waals surface area contributed by atoms with Gasteiger partial charge < -0.3 is 15.2 Å². The summed E-state index contributed by atoms with van der Waals surface area (Å²) in [5.74, 6) is 0.790. The summed E-state index contributed by atoms with van der Waals surface area (Å²) in [6.07, 6.45) is 0. The largest absolute Gasteiger partial charge is 0.489 e. The van der Waals surface area contributed by atoms with E-state index < -0.39 is 0 Å². The minimum atomic E-state index is 0.0573. The molecule has 0 bridgehead atoms. The molecule has 0 radical (unpaired) electrons. The van der Waals surface area contributed by atoms with Crippen molar-refractivity contribution >= 4 is 11.6 Å². The summed E-state index contributed by atoms with van der Waals surface area (Å²) in [4.78, 5) is 0. The molecule has 0 fully saturated rings. The third-order valence-electron chi connectivity index (χ3n) is 3.03. The molecule has 2 rings (SSSR count). The molecule has 0 aliphatic heterocycles. The van der Waals surface area contributed by atoms with Gasteiger partial charge in [0.25, 0.3) is 0 Å². The van der Waals surface area contributed by atoms with Crippen LogP contribution in [0, 0.1) is 0 Å². The topological polar surface area (TPSA) is 41.5 Å². The number of nitrogens with one attached hydrogen (secondary N) is 1. The first-order chi connectivity index (χ1) is 9.74. The van der Waals surface area contributed by atoms with E-state index in [9.17, 15) is 0 Å². The highest BCUT2D eigenvalue weighted by atomic mass is 35.5. The summed E-state index contributed by atoms with van der Waals surface area (Å²) >= 11 is 6.18. The van der Waals surface area contributed by atoms with Gasteiger partial charge in [-0.25, -0.2) is 0 Å². The van der Waals surface area contributed by atoms with Crippen molar-refractivity contribution in [2.45, 2.75) is 19.8 Å². The molecular formula is C16H18ClNO2. The van der Waals surface area contributed by atoms with Crippen molar-refractivity contribution < 1.29 is 9.84 Å². The van der Waals surface area contributed by atoms with E-state index in [-0.39, 0.29) is 6.61 Å². The Morgan fingerprint density at radius 3 is 2.45 bits per heavy atom. The van der Waals surface area contributed by atoms with Gasteiger partial charge in [-0.15, -0.1) is 0 Å². The maximum Gasteiger partial charge on any atom is 0.125 e. The smallest absolute Gasteiger partial charge is 0.125 e. The van der Waals surface area contributed by atoms with Crippen molar-refractivity contribution in [2.75, 3.05) is 7.05 Å². The van der Waals surface area contributed by atoms with Gasteiger partial charge in [0.05, 0.1) is 6.61 Å². The number of hydrogen-bond acceptors (Lipinski definition) is 3. The second-order valence-electron chi connectivity index (χ2n) is 4.51. The Bertz CT molecular complexity index is 555. The van der Waals surface area contributed by atoms with Crippen LogP contribution >= 0.6 is 11.6 Å². The summed E-state index contributed by atoms with van der Waals surface area (Å²) in [7, 11) is 1.88. The molecule has 0 unspecified atom stereocenters. The van der Waals surface area contributed by atoms with E-state index in [0.717, 1.165) is 22.4 Å². The second kappa shape index (κ2) is 7.29. The average Bonchev–Trinajstić information content (AvgIpc) is 2.48. The van der Waals surface area contributed by atoms with Gasteiger partial charge in [0.2, 0.25) is 0 Å². The van der Waals surface area contributed by atoms with Gasteiger partial charge in [0.1, 0.15) is 12.4 Å². The molecule has 0 aromatic heterocycles. The Balaban J connectivity index is 2.08. The van der Waals surface area contributed by atoms with E-state index in [1.807, 2.05) is 49.5 Å². The van der Waals surface area contributed by atoms with E-state index in [0.29, 0.717) is 18.2 Å². The molecule has 0 amide bonds. The minimum Gasteiger partial charge on any atom is -0.489 e. The highest BCUT2D eigenvalue weighted by Crippen LogP contribution is 2.27. The van der Waals surface area contributed by atoms with Gasteiger partial charge in [0.15, 0.2) is 0 Å². The van der Waals surface area contributed by atoms with Crippen LogP contribution in [0.1, 0.15) is 16.7 Å². The van der Waals surface area contributed by atoms with E-state index in [1.54, 1.807) is 0 Å². The van der Waals surface area contributed by atoms with Crippen molar-refractivity contribution in [3.8, 4) is 5.75 Å². The Morgan fingerprint density at radius 2 is 1.80 bits per heavy atom. The number of aliphatic hydroxyl groups excluding tert-OH is 1. The second-order valence-corrected chi connectivity index (χ2v) is 4.92. The number of rotatable bonds is 6. The molecule has 4 heteroatoms. The third kappa shape index (κ3) is 3.73. The number of benzene rings is 2. The predicted octanol–water partition coefficient (Wildman–Crippen LogP) is 3.13. The molecule has 106 valence electrons. The zero-order chi connectivity index (χ0) is 14.4. The Morgan fingerprint density at radius 1 is 1.10 bits per heavy atom. The molecule has 2 aromatic carbocycles. The molecule has 3 nitrogen and oxygen atoms in total. The number of aliphatic hydroxyl groups is 1. The van der Waals surface area contributed by atoms with Crippen LogP contribution in [-0.2, 0) is 19.8 Å². The highest BCUT2D eigenvalue weighted by Gasteiger charge is 2.07. The molecule has 20 heavy (non-hydrogen) atoms. The fourth-order valence-corrected chi connectivity index (χ4v) is 2.16. The third-order valence-corrected chi connectivity index (χ3v) is 3.38.